The molecule has 0 aromatic carbocycles. The van der Waals surface area contributed by atoms with Gasteiger partial charge in [-0.05, 0) is 60.0 Å². The fourth-order valence-corrected chi connectivity index (χ4v) is 5.33. The van der Waals surface area contributed by atoms with E-state index in [0.29, 0.717) is 12.1 Å². The molecule has 0 saturated heterocycles. The van der Waals surface area contributed by atoms with Crippen molar-refractivity contribution in [1.29, 1.82) is 0 Å². The highest BCUT2D eigenvalue weighted by Crippen LogP contribution is 2.40. The standard InChI is InChI=1S/C18H29IN4OSi/c1-18(2,3)25(4,5)24-14-9-7-6-8-13(10-14)23-17-15(16(19)22-23)11-20-12-21-17/h11-14H,6-10H2,1-5H3. The van der Waals surface area contributed by atoms with Gasteiger partial charge < -0.3 is 4.43 Å². The van der Waals surface area contributed by atoms with Crippen LogP contribution in [0.2, 0.25) is 18.1 Å². The van der Waals surface area contributed by atoms with Crippen molar-refractivity contribution in [2.45, 2.75) is 83.2 Å². The topological polar surface area (TPSA) is 52.8 Å². The monoisotopic (exact) mass is 472 g/mol. The van der Waals surface area contributed by atoms with Gasteiger partial charge in [0.05, 0.1) is 11.4 Å². The lowest BCUT2D eigenvalue weighted by molar-refractivity contribution is 0.148. The molecule has 0 aliphatic heterocycles. The second-order valence-corrected chi connectivity index (χ2v) is 14.4. The molecule has 2 heterocycles. The van der Waals surface area contributed by atoms with Crippen LogP contribution < -0.4 is 0 Å². The Morgan fingerprint density at radius 2 is 1.96 bits per heavy atom. The zero-order chi connectivity index (χ0) is 18.2. The zero-order valence-electron chi connectivity index (χ0n) is 15.9. The van der Waals surface area contributed by atoms with Crippen LogP contribution in [-0.2, 0) is 4.43 Å². The Morgan fingerprint density at radius 1 is 1.24 bits per heavy atom. The molecule has 0 amide bonds. The predicted molar refractivity (Wildman–Crippen MR) is 112 cm³/mol. The van der Waals surface area contributed by atoms with E-state index < -0.39 is 8.32 Å². The van der Waals surface area contributed by atoms with Gasteiger partial charge in [-0.1, -0.05) is 33.6 Å². The molecule has 0 N–H and O–H groups in total. The fraction of sp³-hybridized carbons (Fsp3) is 0.722. The summed E-state index contributed by atoms with van der Waals surface area (Å²) in [7, 11) is -1.75. The largest absolute Gasteiger partial charge is 0.414 e. The van der Waals surface area contributed by atoms with Gasteiger partial charge in [0.2, 0.25) is 0 Å². The van der Waals surface area contributed by atoms with Crippen molar-refractivity contribution in [2.24, 2.45) is 0 Å². The van der Waals surface area contributed by atoms with Crippen molar-refractivity contribution in [3.05, 3.63) is 16.2 Å². The molecule has 0 bridgehead atoms. The molecule has 1 saturated carbocycles. The molecule has 2 unspecified atom stereocenters. The first kappa shape index (κ1) is 19.2. The molecule has 5 nitrogen and oxygen atoms in total. The average molecular weight is 472 g/mol. The van der Waals surface area contributed by atoms with Gasteiger partial charge in [0.25, 0.3) is 0 Å². The minimum absolute atomic E-state index is 0.246. The van der Waals surface area contributed by atoms with Gasteiger partial charge >= 0.3 is 0 Å². The van der Waals surface area contributed by atoms with Crippen molar-refractivity contribution in [2.75, 3.05) is 0 Å². The van der Waals surface area contributed by atoms with Crippen molar-refractivity contribution in [3.63, 3.8) is 0 Å². The zero-order valence-corrected chi connectivity index (χ0v) is 19.1. The van der Waals surface area contributed by atoms with Crippen LogP contribution in [0.15, 0.2) is 12.5 Å². The predicted octanol–water partition coefficient (Wildman–Crippen LogP) is 5.33. The van der Waals surface area contributed by atoms with E-state index in [4.69, 9.17) is 9.52 Å². The second-order valence-electron chi connectivity index (χ2n) is 8.67. The number of halogens is 1. The average Bonchev–Trinajstić information content (AvgIpc) is 2.70. The Morgan fingerprint density at radius 3 is 2.68 bits per heavy atom. The van der Waals surface area contributed by atoms with Gasteiger partial charge in [0.15, 0.2) is 14.0 Å². The maximum absolute atomic E-state index is 6.76. The number of rotatable bonds is 3. The van der Waals surface area contributed by atoms with Crippen LogP contribution in [0.1, 0.15) is 58.9 Å². The van der Waals surface area contributed by atoms with Crippen molar-refractivity contribution in [3.8, 4) is 0 Å². The third kappa shape index (κ3) is 4.08. The molecule has 1 aliphatic carbocycles. The molecule has 138 valence electrons. The van der Waals surface area contributed by atoms with E-state index in [1.807, 2.05) is 6.20 Å². The van der Waals surface area contributed by atoms with Crippen molar-refractivity contribution >= 4 is 41.9 Å². The van der Waals surface area contributed by atoms with Crippen molar-refractivity contribution < 1.29 is 4.43 Å². The molecular formula is C18H29IN4OSi. The van der Waals surface area contributed by atoms with E-state index in [0.717, 1.165) is 34.0 Å². The summed E-state index contributed by atoms with van der Waals surface area (Å²) in [5.74, 6) is 0. The van der Waals surface area contributed by atoms with Crippen LogP contribution in [0.25, 0.3) is 11.0 Å². The summed E-state index contributed by atoms with van der Waals surface area (Å²) < 4.78 is 9.87. The molecule has 0 spiro atoms. The lowest BCUT2D eigenvalue weighted by Crippen LogP contribution is -2.44. The summed E-state index contributed by atoms with van der Waals surface area (Å²) in [4.78, 5) is 8.65. The number of hydrogen-bond donors (Lipinski definition) is 0. The Labute approximate surface area is 165 Å². The smallest absolute Gasteiger partial charge is 0.192 e. The molecule has 1 aliphatic rings. The summed E-state index contributed by atoms with van der Waals surface area (Å²) in [6.45, 7) is 11.6. The Bertz CT molecular complexity index is 740. The van der Waals surface area contributed by atoms with Crippen LogP contribution in [0.5, 0.6) is 0 Å². The number of hydrogen-bond acceptors (Lipinski definition) is 4. The molecule has 25 heavy (non-hydrogen) atoms. The lowest BCUT2D eigenvalue weighted by Gasteiger charge is -2.39. The lowest BCUT2D eigenvalue weighted by atomic mass is 10.1. The van der Waals surface area contributed by atoms with Crippen molar-refractivity contribution in [1.82, 2.24) is 19.7 Å². The Hall–Kier alpha value is -0.543. The quantitative estimate of drug-likeness (QED) is 0.345. The van der Waals surface area contributed by atoms with Gasteiger partial charge in [-0.2, -0.15) is 5.10 Å². The van der Waals surface area contributed by atoms with Gasteiger partial charge in [-0.15, -0.1) is 0 Å². The van der Waals surface area contributed by atoms with Gasteiger partial charge in [0, 0.05) is 12.3 Å². The SMILES string of the molecule is CC(C)(C)[Si](C)(C)OC1CCCCC(n2nc(I)c3cncnc32)C1. The first-order valence-corrected chi connectivity index (χ1v) is 13.2. The fourth-order valence-electron chi connectivity index (χ4n) is 3.32. The Balaban J connectivity index is 1.85. The highest BCUT2D eigenvalue weighted by Gasteiger charge is 2.40. The molecule has 3 rings (SSSR count). The van der Waals surface area contributed by atoms with E-state index in [9.17, 15) is 0 Å². The molecule has 1 fully saturated rings. The molecule has 2 aromatic rings. The summed E-state index contributed by atoms with van der Waals surface area (Å²) in [6.07, 6.45) is 9.62. The van der Waals surface area contributed by atoms with Crippen LogP contribution in [0.3, 0.4) is 0 Å². The highest BCUT2D eigenvalue weighted by molar-refractivity contribution is 14.1. The second kappa shape index (κ2) is 7.23. The van der Waals surface area contributed by atoms with Gasteiger partial charge in [-0.25, -0.2) is 14.6 Å². The first-order valence-electron chi connectivity index (χ1n) is 9.20. The molecule has 2 aromatic heterocycles. The first-order chi connectivity index (χ1) is 11.7. The highest BCUT2D eigenvalue weighted by atomic mass is 127. The van der Waals surface area contributed by atoms with Gasteiger partial charge in [0.1, 0.15) is 10.0 Å². The van der Waals surface area contributed by atoms with Crippen LogP contribution >= 0.6 is 22.6 Å². The summed E-state index contributed by atoms with van der Waals surface area (Å²) in [5, 5.41) is 6.09. The minimum Gasteiger partial charge on any atom is -0.414 e. The molecule has 0 radical (unpaired) electrons. The maximum atomic E-state index is 6.76. The third-order valence-corrected chi connectivity index (χ3v) is 11.1. The summed E-state index contributed by atoms with van der Waals surface area (Å²) in [6, 6.07) is 0.359. The van der Waals surface area contributed by atoms with Crippen LogP contribution in [-0.4, -0.2) is 34.2 Å². The molecule has 2 atom stereocenters. The summed E-state index contributed by atoms with van der Waals surface area (Å²) in [5.41, 5.74) is 0.956. The van der Waals surface area contributed by atoms with Gasteiger partial charge in [-0.3, -0.25) is 0 Å². The van der Waals surface area contributed by atoms with E-state index in [2.05, 4.69) is 71.1 Å². The Kier molecular flexibility index (Phi) is 5.56. The minimum atomic E-state index is -1.75. The number of aromatic nitrogens is 4. The van der Waals surface area contributed by atoms with E-state index >= 15 is 0 Å². The van der Waals surface area contributed by atoms with Crippen LogP contribution in [0.4, 0.5) is 0 Å². The number of fused-ring (bicyclic) bond motifs is 1. The normalized spacial score (nSPS) is 23.0. The van der Waals surface area contributed by atoms with E-state index in [1.54, 1.807) is 6.33 Å². The maximum Gasteiger partial charge on any atom is 0.192 e. The van der Waals surface area contributed by atoms with E-state index in [-0.39, 0.29) is 5.04 Å². The third-order valence-electron chi connectivity index (χ3n) is 5.79. The summed E-state index contributed by atoms with van der Waals surface area (Å²) >= 11 is 2.29. The van der Waals surface area contributed by atoms with E-state index in [1.165, 1.54) is 12.8 Å². The molecular weight excluding hydrogens is 443 g/mol. The number of nitrogens with zero attached hydrogens (tertiary/aromatic N) is 4. The molecule has 7 heteroatoms. The van der Waals surface area contributed by atoms with Crippen LogP contribution in [0, 0.1) is 3.70 Å².